The Kier molecular flexibility index (Phi) is 6.92. The van der Waals surface area contributed by atoms with Crippen LogP contribution < -0.4 is 10.6 Å². The number of hydrogen-bond donors (Lipinski definition) is 2. The molecule has 0 aliphatic rings. The zero-order valence-electron chi connectivity index (χ0n) is 16.8. The molecule has 3 aromatic rings. The topological polar surface area (TPSA) is 201 Å². The minimum Gasteiger partial charge on any atom is -0.358 e. The van der Waals surface area contributed by atoms with Gasteiger partial charge in [0, 0.05) is 30.8 Å². The highest BCUT2D eigenvalue weighted by Crippen LogP contribution is 2.26. The van der Waals surface area contributed by atoms with Crippen LogP contribution in [0.15, 0.2) is 28.8 Å². The maximum Gasteiger partial charge on any atom is 0.408 e. The van der Waals surface area contributed by atoms with E-state index in [1.165, 1.54) is 31.2 Å². The Morgan fingerprint density at radius 1 is 1.12 bits per heavy atom. The third-order valence-electron chi connectivity index (χ3n) is 4.27. The highest BCUT2D eigenvalue weighted by atomic mass is 35.5. The van der Waals surface area contributed by atoms with Crippen LogP contribution in [0.1, 0.15) is 16.4 Å². The van der Waals surface area contributed by atoms with E-state index in [9.17, 15) is 29.8 Å². The second-order valence-corrected chi connectivity index (χ2v) is 6.85. The van der Waals surface area contributed by atoms with Gasteiger partial charge in [0.25, 0.3) is 5.69 Å². The summed E-state index contributed by atoms with van der Waals surface area (Å²) in [5, 5.41) is 33.7. The van der Waals surface area contributed by atoms with Crippen molar-refractivity contribution in [2.75, 3.05) is 13.1 Å². The molecule has 16 heteroatoms. The van der Waals surface area contributed by atoms with Gasteiger partial charge in [0.2, 0.25) is 11.7 Å². The van der Waals surface area contributed by atoms with Gasteiger partial charge in [-0.25, -0.2) is 0 Å². The van der Waals surface area contributed by atoms with Crippen molar-refractivity contribution in [1.29, 1.82) is 0 Å². The maximum absolute atomic E-state index is 12.1. The Hall–Kier alpha value is -4.40. The van der Waals surface area contributed by atoms with Crippen LogP contribution in [-0.2, 0) is 11.3 Å². The lowest BCUT2D eigenvalue weighted by atomic mass is 10.2. The van der Waals surface area contributed by atoms with Crippen molar-refractivity contribution < 1.29 is 24.0 Å². The van der Waals surface area contributed by atoms with E-state index >= 15 is 0 Å². The Morgan fingerprint density at radius 2 is 1.79 bits per heavy atom. The second kappa shape index (κ2) is 9.82. The molecule has 2 aromatic heterocycles. The number of benzene rings is 1. The van der Waals surface area contributed by atoms with Gasteiger partial charge < -0.3 is 25.3 Å². The molecule has 0 aliphatic carbocycles. The van der Waals surface area contributed by atoms with Gasteiger partial charge in [-0.15, -0.1) is 0 Å². The first-order valence-electron chi connectivity index (χ1n) is 9.18. The molecule has 3 rings (SSSR count). The van der Waals surface area contributed by atoms with Crippen molar-refractivity contribution in [3.63, 3.8) is 0 Å². The lowest BCUT2D eigenvalue weighted by Gasteiger charge is -2.05. The third kappa shape index (κ3) is 5.45. The molecule has 2 heterocycles. The minimum absolute atomic E-state index is 0.0266. The first-order chi connectivity index (χ1) is 15.7. The quantitative estimate of drug-likeness (QED) is 0.256. The van der Waals surface area contributed by atoms with Crippen LogP contribution >= 0.6 is 11.6 Å². The van der Waals surface area contributed by atoms with Crippen LogP contribution in [-0.4, -0.2) is 54.7 Å². The molecule has 0 saturated carbocycles. The van der Waals surface area contributed by atoms with E-state index in [2.05, 4.69) is 25.9 Å². The van der Waals surface area contributed by atoms with Crippen molar-refractivity contribution in [3.05, 3.63) is 61.1 Å². The molecule has 0 bridgehead atoms. The molecule has 0 spiro atoms. The van der Waals surface area contributed by atoms with E-state index in [1.54, 1.807) is 0 Å². The number of nitro benzene ring substituents is 1. The number of rotatable bonds is 9. The largest absolute Gasteiger partial charge is 0.408 e. The van der Waals surface area contributed by atoms with Gasteiger partial charge in [0.15, 0.2) is 5.02 Å². The summed E-state index contributed by atoms with van der Waals surface area (Å²) in [6.45, 7) is 1.27. The number of amides is 2. The SMILES string of the molecule is Cc1c(Cl)c([N+](=O)[O-])nn1CC(=O)NCCNC(=O)c1nc(-c2ccc([N+](=O)[O-])cc2)no1. The number of carbonyl (C=O) groups excluding carboxylic acids is 2. The van der Waals surface area contributed by atoms with E-state index in [1.807, 2.05) is 0 Å². The number of nitro groups is 2. The fraction of sp³-hybridized carbons (Fsp3) is 0.235. The first kappa shape index (κ1) is 23.3. The second-order valence-electron chi connectivity index (χ2n) is 6.47. The summed E-state index contributed by atoms with van der Waals surface area (Å²) in [4.78, 5) is 48.3. The summed E-state index contributed by atoms with van der Waals surface area (Å²) in [5.74, 6) is -1.98. The average molecular weight is 479 g/mol. The standard InChI is InChI=1S/C17H15ClN8O7/c1-9-13(18)15(26(31)32)22-24(9)8-12(27)19-6-7-20-16(28)17-21-14(23-33-17)10-2-4-11(5-3-10)25(29)30/h2-5H,6-8H2,1H3,(H,19,27)(H,20,28). The first-order valence-corrected chi connectivity index (χ1v) is 9.56. The van der Waals surface area contributed by atoms with Crippen LogP contribution in [0.3, 0.4) is 0 Å². The van der Waals surface area contributed by atoms with Gasteiger partial charge in [0.05, 0.1) is 15.7 Å². The van der Waals surface area contributed by atoms with E-state index < -0.39 is 27.5 Å². The zero-order chi connectivity index (χ0) is 24.1. The van der Waals surface area contributed by atoms with Gasteiger partial charge in [-0.3, -0.25) is 19.7 Å². The molecule has 0 saturated heterocycles. The molecule has 0 atom stereocenters. The minimum atomic E-state index is -0.746. The molecule has 172 valence electrons. The van der Waals surface area contributed by atoms with Crippen LogP contribution in [0.5, 0.6) is 0 Å². The van der Waals surface area contributed by atoms with Gasteiger partial charge in [-0.1, -0.05) is 16.8 Å². The van der Waals surface area contributed by atoms with Crippen molar-refractivity contribution in [1.82, 2.24) is 30.6 Å². The monoisotopic (exact) mass is 478 g/mol. The van der Waals surface area contributed by atoms with Crippen molar-refractivity contribution in [3.8, 4) is 11.4 Å². The Bertz CT molecular complexity index is 1220. The molecule has 0 radical (unpaired) electrons. The predicted octanol–water partition coefficient (Wildman–Crippen LogP) is 1.26. The fourth-order valence-corrected chi connectivity index (χ4v) is 2.79. The number of halogens is 1. The summed E-state index contributed by atoms with van der Waals surface area (Å²) in [5.41, 5.74) is 0.586. The number of nitrogens with one attached hydrogen (secondary N) is 2. The van der Waals surface area contributed by atoms with E-state index in [0.717, 1.165) is 4.68 Å². The van der Waals surface area contributed by atoms with E-state index in [4.69, 9.17) is 16.1 Å². The molecule has 33 heavy (non-hydrogen) atoms. The molecule has 0 fully saturated rings. The van der Waals surface area contributed by atoms with E-state index in [0.29, 0.717) is 5.56 Å². The van der Waals surface area contributed by atoms with Gasteiger partial charge in [-0.2, -0.15) is 9.67 Å². The Labute approximate surface area is 189 Å². The molecule has 15 nitrogen and oxygen atoms in total. The molecule has 0 unspecified atom stereocenters. The molecule has 2 amide bonds. The van der Waals surface area contributed by atoms with Gasteiger partial charge >= 0.3 is 17.6 Å². The zero-order valence-corrected chi connectivity index (χ0v) is 17.6. The van der Waals surface area contributed by atoms with Crippen LogP contribution in [0, 0.1) is 27.2 Å². The Morgan fingerprint density at radius 3 is 2.39 bits per heavy atom. The van der Waals surface area contributed by atoms with Crippen LogP contribution in [0.2, 0.25) is 5.02 Å². The maximum atomic E-state index is 12.1. The smallest absolute Gasteiger partial charge is 0.358 e. The normalized spacial score (nSPS) is 10.6. The number of non-ortho nitro benzene ring substituents is 1. The number of aromatic nitrogens is 4. The molecule has 2 N–H and O–H groups in total. The predicted molar refractivity (Wildman–Crippen MR) is 110 cm³/mol. The number of hydrogen-bond acceptors (Lipinski definition) is 10. The van der Waals surface area contributed by atoms with E-state index in [-0.39, 0.29) is 47.8 Å². The van der Waals surface area contributed by atoms with Gasteiger partial charge in [0.1, 0.15) is 6.54 Å². The lowest BCUT2D eigenvalue weighted by molar-refractivity contribution is -0.389. The number of nitrogens with zero attached hydrogens (tertiary/aromatic N) is 6. The molecule has 0 aliphatic heterocycles. The van der Waals surface area contributed by atoms with Crippen LogP contribution in [0.25, 0.3) is 11.4 Å². The summed E-state index contributed by atoms with van der Waals surface area (Å²) in [6.07, 6.45) is 0. The molecule has 1 aromatic carbocycles. The van der Waals surface area contributed by atoms with Crippen molar-refractivity contribution >= 4 is 34.9 Å². The lowest BCUT2D eigenvalue weighted by Crippen LogP contribution is -2.36. The van der Waals surface area contributed by atoms with Crippen molar-refractivity contribution in [2.45, 2.75) is 13.5 Å². The van der Waals surface area contributed by atoms with Crippen molar-refractivity contribution in [2.24, 2.45) is 0 Å². The Balaban J connectivity index is 1.47. The molecular formula is C17H15ClN8O7. The summed E-state index contributed by atoms with van der Waals surface area (Å²) in [7, 11) is 0. The molecular weight excluding hydrogens is 464 g/mol. The van der Waals surface area contributed by atoms with Crippen LogP contribution in [0.4, 0.5) is 11.5 Å². The highest BCUT2D eigenvalue weighted by Gasteiger charge is 2.25. The summed E-state index contributed by atoms with van der Waals surface area (Å²) in [6, 6.07) is 5.38. The third-order valence-corrected chi connectivity index (χ3v) is 4.71. The number of carbonyl (C=O) groups is 2. The fourth-order valence-electron chi connectivity index (χ4n) is 2.59. The van der Waals surface area contributed by atoms with Gasteiger partial charge in [-0.05, 0) is 24.0 Å². The summed E-state index contributed by atoms with van der Waals surface area (Å²) < 4.78 is 5.99. The average Bonchev–Trinajstić information content (AvgIpc) is 3.38. The summed E-state index contributed by atoms with van der Waals surface area (Å²) >= 11 is 5.82. The highest BCUT2D eigenvalue weighted by molar-refractivity contribution is 6.33.